The molecule has 1 amide bonds. The van der Waals surface area contributed by atoms with Gasteiger partial charge in [0.15, 0.2) is 5.69 Å². The minimum atomic E-state index is -4.72. The Morgan fingerprint density at radius 3 is 2.39 bits per heavy atom. The van der Waals surface area contributed by atoms with E-state index in [1.807, 2.05) is 44.2 Å². The number of aryl methyl sites for hydroxylation is 1. The van der Waals surface area contributed by atoms with E-state index >= 15 is 0 Å². The Morgan fingerprint density at radius 2 is 1.77 bits per heavy atom. The van der Waals surface area contributed by atoms with Crippen molar-refractivity contribution in [1.82, 2.24) is 15.1 Å². The maximum atomic E-state index is 13.7. The molecule has 0 aliphatic rings. The van der Waals surface area contributed by atoms with E-state index in [9.17, 15) is 18.0 Å². The number of anilines is 1. The highest BCUT2D eigenvalue weighted by atomic mass is 19.4. The SMILES string of the molecule is CCN(CCCNC(=O)c1cnn(-c2ccc(C)cc2)c1C(F)(F)F)c1ccccc1. The lowest BCUT2D eigenvalue weighted by Gasteiger charge is -2.23. The number of rotatable bonds is 8. The molecule has 8 heteroatoms. The van der Waals surface area contributed by atoms with Crippen molar-refractivity contribution in [2.75, 3.05) is 24.5 Å². The van der Waals surface area contributed by atoms with E-state index in [1.165, 1.54) is 0 Å². The fourth-order valence-corrected chi connectivity index (χ4v) is 3.34. The maximum Gasteiger partial charge on any atom is 0.434 e. The third kappa shape index (κ3) is 5.45. The molecule has 0 saturated heterocycles. The van der Waals surface area contributed by atoms with E-state index in [2.05, 4.69) is 15.3 Å². The van der Waals surface area contributed by atoms with Gasteiger partial charge in [-0.25, -0.2) is 4.68 Å². The molecule has 1 heterocycles. The van der Waals surface area contributed by atoms with Crippen molar-refractivity contribution >= 4 is 11.6 Å². The van der Waals surface area contributed by atoms with Gasteiger partial charge in [-0.05, 0) is 44.5 Å². The predicted molar refractivity (Wildman–Crippen MR) is 115 cm³/mol. The molecule has 0 aliphatic heterocycles. The highest BCUT2D eigenvalue weighted by Crippen LogP contribution is 2.33. The lowest BCUT2D eigenvalue weighted by Crippen LogP contribution is -2.31. The van der Waals surface area contributed by atoms with Gasteiger partial charge in [-0.3, -0.25) is 4.79 Å². The third-order valence-electron chi connectivity index (χ3n) is 4.95. The number of para-hydroxylation sites is 1. The molecule has 0 saturated carbocycles. The molecular weight excluding hydrogens is 405 g/mol. The number of nitrogens with zero attached hydrogens (tertiary/aromatic N) is 3. The van der Waals surface area contributed by atoms with Gasteiger partial charge in [0.05, 0.1) is 17.4 Å². The van der Waals surface area contributed by atoms with Crippen LogP contribution in [-0.4, -0.2) is 35.3 Å². The highest BCUT2D eigenvalue weighted by Gasteiger charge is 2.40. The fraction of sp³-hybridized carbons (Fsp3) is 0.304. The van der Waals surface area contributed by atoms with Crippen molar-refractivity contribution < 1.29 is 18.0 Å². The van der Waals surface area contributed by atoms with Gasteiger partial charge in [-0.1, -0.05) is 35.9 Å². The summed E-state index contributed by atoms with van der Waals surface area (Å²) in [4.78, 5) is 14.7. The molecule has 0 unspecified atom stereocenters. The van der Waals surface area contributed by atoms with E-state index in [0.717, 1.165) is 28.7 Å². The normalized spacial score (nSPS) is 11.4. The zero-order chi connectivity index (χ0) is 22.4. The maximum absolute atomic E-state index is 13.7. The second-order valence-corrected chi connectivity index (χ2v) is 7.18. The Morgan fingerprint density at radius 1 is 1.10 bits per heavy atom. The molecular formula is C23H25F3N4O. The summed E-state index contributed by atoms with van der Waals surface area (Å²) in [6.45, 7) is 5.60. The first-order valence-corrected chi connectivity index (χ1v) is 10.1. The van der Waals surface area contributed by atoms with Gasteiger partial charge in [0.25, 0.3) is 5.91 Å². The van der Waals surface area contributed by atoms with Crippen LogP contribution in [0.4, 0.5) is 18.9 Å². The van der Waals surface area contributed by atoms with Gasteiger partial charge < -0.3 is 10.2 Å². The average Bonchev–Trinajstić information content (AvgIpc) is 3.21. The molecule has 0 atom stereocenters. The molecule has 0 fully saturated rings. The molecule has 0 bridgehead atoms. The van der Waals surface area contributed by atoms with Crippen LogP contribution >= 0.6 is 0 Å². The molecule has 0 radical (unpaired) electrons. The molecule has 31 heavy (non-hydrogen) atoms. The summed E-state index contributed by atoms with van der Waals surface area (Å²) in [6.07, 6.45) is -3.15. The summed E-state index contributed by atoms with van der Waals surface area (Å²) in [5.74, 6) is -0.784. The minimum Gasteiger partial charge on any atom is -0.372 e. The van der Waals surface area contributed by atoms with Crippen molar-refractivity contribution in [1.29, 1.82) is 0 Å². The van der Waals surface area contributed by atoms with Crippen molar-refractivity contribution in [2.45, 2.75) is 26.4 Å². The van der Waals surface area contributed by atoms with Crippen molar-refractivity contribution in [2.24, 2.45) is 0 Å². The van der Waals surface area contributed by atoms with Crippen molar-refractivity contribution in [3.63, 3.8) is 0 Å². The van der Waals surface area contributed by atoms with Crippen LogP contribution in [0.3, 0.4) is 0 Å². The second-order valence-electron chi connectivity index (χ2n) is 7.18. The predicted octanol–water partition coefficient (Wildman–Crippen LogP) is 4.85. The smallest absolute Gasteiger partial charge is 0.372 e. The van der Waals surface area contributed by atoms with Crippen LogP contribution in [0.1, 0.15) is 35.0 Å². The third-order valence-corrected chi connectivity index (χ3v) is 4.95. The van der Waals surface area contributed by atoms with Crippen molar-refractivity contribution in [3.05, 3.63) is 77.6 Å². The first-order chi connectivity index (χ1) is 14.8. The Balaban J connectivity index is 1.68. The molecule has 1 aromatic heterocycles. The number of carbonyl (C=O) groups excluding carboxylic acids is 1. The van der Waals surface area contributed by atoms with E-state index in [4.69, 9.17) is 0 Å². The van der Waals surface area contributed by atoms with E-state index in [1.54, 1.807) is 24.3 Å². The number of amides is 1. The summed E-state index contributed by atoms with van der Waals surface area (Å²) in [6, 6.07) is 16.3. The summed E-state index contributed by atoms with van der Waals surface area (Å²) in [5.41, 5.74) is 0.671. The van der Waals surface area contributed by atoms with Crippen LogP contribution in [0, 0.1) is 6.92 Å². The summed E-state index contributed by atoms with van der Waals surface area (Å²) in [5, 5.41) is 6.44. The Hall–Kier alpha value is -3.29. The summed E-state index contributed by atoms with van der Waals surface area (Å²) in [7, 11) is 0. The van der Waals surface area contributed by atoms with Gasteiger partial charge in [0, 0.05) is 25.3 Å². The molecule has 2 aromatic carbocycles. The summed E-state index contributed by atoms with van der Waals surface area (Å²) >= 11 is 0. The quantitative estimate of drug-likeness (QED) is 0.520. The van der Waals surface area contributed by atoms with Crippen LogP contribution in [0.5, 0.6) is 0 Å². The number of benzene rings is 2. The fourth-order valence-electron chi connectivity index (χ4n) is 3.34. The standard InChI is InChI=1S/C23H25F3N4O/c1-3-29(18-8-5-4-6-9-18)15-7-14-27-22(31)20-16-28-30(21(20)23(24,25)26)19-12-10-17(2)11-13-19/h4-6,8-13,16H,3,7,14-15H2,1-2H3,(H,27,31). The lowest BCUT2D eigenvalue weighted by molar-refractivity contribution is -0.143. The largest absolute Gasteiger partial charge is 0.434 e. The number of aromatic nitrogens is 2. The monoisotopic (exact) mass is 430 g/mol. The van der Waals surface area contributed by atoms with Crippen LogP contribution in [-0.2, 0) is 6.18 Å². The Bertz CT molecular complexity index is 998. The Kier molecular flexibility index (Phi) is 6.99. The number of carbonyl (C=O) groups is 1. The van der Waals surface area contributed by atoms with E-state index < -0.39 is 23.3 Å². The average molecular weight is 430 g/mol. The number of halogens is 3. The molecule has 1 N–H and O–H groups in total. The first-order valence-electron chi connectivity index (χ1n) is 10.1. The number of alkyl halides is 3. The van der Waals surface area contributed by atoms with Crippen LogP contribution in [0.25, 0.3) is 5.69 Å². The van der Waals surface area contributed by atoms with Crippen molar-refractivity contribution in [3.8, 4) is 5.69 Å². The van der Waals surface area contributed by atoms with Crippen LogP contribution in [0.15, 0.2) is 60.8 Å². The molecule has 3 aromatic rings. The molecule has 3 rings (SSSR count). The zero-order valence-electron chi connectivity index (χ0n) is 17.5. The highest BCUT2D eigenvalue weighted by molar-refractivity contribution is 5.95. The van der Waals surface area contributed by atoms with Crippen LogP contribution < -0.4 is 10.2 Å². The van der Waals surface area contributed by atoms with Gasteiger partial charge in [0.1, 0.15) is 0 Å². The summed E-state index contributed by atoms with van der Waals surface area (Å²) < 4.78 is 42.0. The number of hydrogen-bond acceptors (Lipinski definition) is 3. The molecule has 164 valence electrons. The molecule has 0 spiro atoms. The van der Waals surface area contributed by atoms with E-state index in [0.29, 0.717) is 13.0 Å². The van der Waals surface area contributed by atoms with E-state index in [-0.39, 0.29) is 12.2 Å². The van der Waals surface area contributed by atoms with Gasteiger partial charge in [-0.2, -0.15) is 18.3 Å². The number of nitrogens with one attached hydrogen (secondary N) is 1. The molecule has 5 nitrogen and oxygen atoms in total. The second kappa shape index (κ2) is 9.68. The lowest BCUT2D eigenvalue weighted by atomic mass is 10.2. The molecule has 0 aliphatic carbocycles. The van der Waals surface area contributed by atoms with Gasteiger partial charge >= 0.3 is 6.18 Å². The van der Waals surface area contributed by atoms with Gasteiger partial charge in [-0.15, -0.1) is 0 Å². The van der Waals surface area contributed by atoms with Crippen LogP contribution in [0.2, 0.25) is 0 Å². The first kappa shape index (κ1) is 22.4. The minimum absolute atomic E-state index is 0.249. The number of hydrogen-bond donors (Lipinski definition) is 1. The van der Waals surface area contributed by atoms with Gasteiger partial charge in [0.2, 0.25) is 0 Å². The Labute approximate surface area is 179 Å². The zero-order valence-corrected chi connectivity index (χ0v) is 17.5. The topological polar surface area (TPSA) is 50.2 Å².